The second-order valence-corrected chi connectivity index (χ2v) is 7.42. The number of rotatable bonds is 3. The van der Waals surface area contributed by atoms with Crippen molar-refractivity contribution in [3.63, 3.8) is 0 Å². The number of carbonyl (C=O) groups excluding carboxylic acids is 1. The van der Waals surface area contributed by atoms with Crippen LogP contribution in [0.1, 0.15) is 9.67 Å². The van der Waals surface area contributed by atoms with Crippen LogP contribution in [0.25, 0.3) is 10.4 Å². The molecule has 0 saturated carbocycles. The Bertz CT molecular complexity index is 687. The minimum absolute atomic E-state index is 0.581. The summed E-state index contributed by atoms with van der Waals surface area (Å²) < 4.78 is 22.3. The maximum absolute atomic E-state index is 10.9. The monoisotopic (exact) mass is 405 g/mol. The zero-order valence-electron chi connectivity index (χ0n) is 16.0. The molecule has 0 unspecified atom stereocenters. The van der Waals surface area contributed by atoms with Gasteiger partial charge < -0.3 is 23.8 Å². The molecule has 0 spiro atoms. The van der Waals surface area contributed by atoms with Gasteiger partial charge in [-0.2, -0.15) is 0 Å². The molecule has 0 radical (unpaired) electrons. The Balaban J connectivity index is 1.61. The van der Waals surface area contributed by atoms with Gasteiger partial charge in [-0.15, -0.1) is 11.3 Å². The number of hydrogen-bond donors (Lipinski definition) is 0. The molecule has 1 fully saturated rings. The lowest BCUT2D eigenvalue weighted by molar-refractivity contribution is 0.00206. The van der Waals surface area contributed by atoms with Crippen LogP contribution in [-0.4, -0.2) is 72.2 Å². The van der Waals surface area contributed by atoms with E-state index in [0.717, 1.165) is 40.4 Å². The van der Waals surface area contributed by atoms with Crippen LogP contribution in [0.3, 0.4) is 0 Å². The number of hydrogen-bond acceptors (Lipinski definition) is 7. The molecule has 0 N–H and O–H groups in total. The van der Waals surface area contributed by atoms with Gasteiger partial charge >= 0.3 is 0 Å². The maximum Gasteiger partial charge on any atom is 0.160 e. The van der Waals surface area contributed by atoms with Crippen LogP contribution in [-0.2, 0) is 18.9 Å². The molecule has 0 bridgehead atoms. The first-order valence-corrected chi connectivity index (χ1v) is 10.4. The molecule has 2 aromatic rings. The first-order chi connectivity index (χ1) is 13.9. The zero-order chi connectivity index (χ0) is 19.4. The predicted octanol–water partition coefficient (Wildman–Crippen LogP) is 3.11. The molecular formula is C21H27NO5S. The first kappa shape index (κ1) is 21.0. The third kappa shape index (κ3) is 6.68. The Morgan fingerprint density at radius 3 is 1.75 bits per heavy atom. The quantitative estimate of drug-likeness (QED) is 0.732. The fourth-order valence-corrected chi connectivity index (χ4v) is 3.72. The van der Waals surface area contributed by atoms with Gasteiger partial charge in [0, 0.05) is 23.7 Å². The van der Waals surface area contributed by atoms with Crippen molar-refractivity contribution >= 4 is 23.3 Å². The van der Waals surface area contributed by atoms with Crippen LogP contribution in [0, 0.1) is 0 Å². The lowest BCUT2D eigenvalue weighted by Gasteiger charge is -2.25. The highest BCUT2D eigenvalue weighted by Crippen LogP contribution is 2.29. The standard InChI is InChI=1S/C21H27NO5S/c23-17-20-5-6-21(28-20)18-1-3-19(4-2-18)22-7-9-24-11-13-26-15-16-27-14-12-25-10-8-22/h1-6,17H,7-16H2. The average Bonchev–Trinajstić information content (AvgIpc) is 3.21. The number of ether oxygens (including phenoxy) is 4. The van der Waals surface area contributed by atoms with Gasteiger partial charge in [0.25, 0.3) is 0 Å². The van der Waals surface area contributed by atoms with Crippen molar-refractivity contribution in [2.24, 2.45) is 0 Å². The van der Waals surface area contributed by atoms with Gasteiger partial charge in [0.2, 0.25) is 0 Å². The van der Waals surface area contributed by atoms with E-state index in [9.17, 15) is 4.79 Å². The topological polar surface area (TPSA) is 57.2 Å². The van der Waals surface area contributed by atoms with E-state index in [4.69, 9.17) is 18.9 Å². The third-order valence-electron chi connectivity index (χ3n) is 4.39. The summed E-state index contributed by atoms with van der Waals surface area (Å²) in [7, 11) is 0. The van der Waals surface area contributed by atoms with Crippen LogP contribution in [0.4, 0.5) is 5.69 Å². The zero-order valence-corrected chi connectivity index (χ0v) is 16.8. The Hall–Kier alpha value is -1.77. The van der Waals surface area contributed by atoms with Gasteiger partial charge in [0.15, 0.2) is 6.29 Å². The number of anilines is 1. The Kier molecular flexibility index (Phi) is 8.93. The Labute approximate surface area is 170 Å². The van der Waals surface area contributed by atoms with Crippen LogP contribution in [0.5, 0.6) is 0 Å². The molecule has 1 aliphatic rings. The van der Waals surface area contributed by atoms with Crippen molar-refractivity contribution in [1.82, 2.24) is 0 Å². The van der Waals surface area contributed by atoms with Gasteiger partial charge in [-0.3, -0.25) is 4.79 Å². The smallest absolute Gasteiger partial charge is 0.160 e. The summed E-state index contributed by atoms with van der Waals surface area (Å²) in [5, 5.41) is 0. The van der Waals surface area contributed by atoms with Crippen LogP contribution >= 0.6 is 11.3 Å². The summed E-state index contributed by atoms with van der Waals surface area (Å²) in [5.41, 5.74) is 2.24. The number of carbonyl (C=O) groups is 1. The summed E-state index contributed by atoms with van der Waals surface area (Å²) >= 11 is 1.50. The molecule has 6 nitrogen and oxygen atoms in total. The normalized spacial score (nSPS) is 18.2. The highest BCUT2D eigenvalue weighted by Gasteiger charge is 2.09. The van der Waals surface area contributed by atoms with Crippen molar-refractivity contribution < 1.29 is 23.7 Å². The van der Waals surface area contributed by atoms with Crippen LogP contribution in [0.2, 0.25) is 0 Å². The number of benzene rings is 1. The summed E-state index contributed by atoms with van der Waals surface area (Å²) in [6.45, 7) is 6.34. The van der Waals surface area contributed by atoms with Crippen molar-refractivity contribution in [3.05, 3.63) is 41.3 Å². The average molecular weight is 406 g/mol. The summed E-state index contributed by atoms with van der Waals surface area (Å²) in [5.74, 6) is 0. The Morgan fingerprint density at radius 1 is 0.714 bits per heavy atom. The van der Waals surface area contributed by atoms with Crippen LogP contribution < -0.4 is 4.90 Å². The van der Waals surface area contributed by atoms with Crippen molar-refractivity contribution in [2.45, 2.75) is 0 Å². The third-order valence-corrected chi connectivity index (χ3v) is 5.45. The highest BCUT2D eigenvalue weighted by atomic mass is 32.1. The van der Waals surface area contributed by atoms with Crippen molar-refractivity contribution in [1.29, 1.82) is 0 Å². The van der Waals surface area contributed by atoms with Gasteiger partial charge in [-0.25, -0.2) is 0 Å². The molecule has 0 aliphatic carbocycles. The minimum atomic E-state index is 0.581. The largest absolute Gasteiger partial charge is 0.377 e. The number of aldehydes is 1. The Morgan fingerprint density at radius 2 is 1.25 bits per heavy atom. The summed E-state index contributed by atoms with van der Waals surface area (Å²) in [6.07, 6.45) is 0.890. The first-order valence-electron chi connectivity index (χ1n) is 9.58. The van der Waals surface area contributed by atoms with Gasteiger partial charge in [-0.1, -0.05) is 12.1 Å². The van der Waals surface area contributed by atoms with Crippen molar-refractivity contribution in [3.8, 4) is 10.4 Å². The molecule has 152 valence electrons. The van der Waals surface area contributed by atoms with E-state index in [0.29, 0.717) is 52.9 Å². The lowest BCUT2D eigenvalue weighted by Crippen LogP contribution is -2.31. The minimum Gasteiger partial charge on any atom is -0.377 e. The van der Waals surface area contributed by atoms with Gasteiger partial charge in [-0.05, 0) is 29.8 Å². The molecule has 1 aromatic carbocycles. The molecule has 7 heteroatoms. The molecule has 1 aliphatic heterocycles. The SMILES string of the molecule is O=Cc1ccc(-c2ccc(N3CCOCCOCCOCCOCC3)cc2)s1. The number of nitrogens with zero attached hydrogens (tertiary/aromatic N) is 1. The second kappa shape index (κ2) is 11.9. The highest BCUT2D eigenvalue weighted by molar-refractivity contribution is 7.17. The van der Waals surface area contributed by atoms with E-state index in [1.807, 2.05) is 12.1 Å². The molecule has 1 aromatic heterocycles. The van der Waals surface area contributed by atoms with E-state index >= 15 is 0 Å². The number of thiophene rings is 1. The predicted molar refractivity (Wildman–Crippen MR) is 111 cm³/mol. The summed E-state index contributed by atoms with van der Waals surface area (Å²) in [6, 6.07) is 12.2. The van der Waals surface area contributed by atoms with E-state index < -0.39 is 0 Å². The fraction of sp³-hybridized carbons (Fsp3) is 0.476. The van der Waals surface area contributed by atoms with Crippen LogP contribution in [0.15, 0.2) is 36.4 Å². The molecule has 0 amide bonds. The second-order valence-electron chi connectivity index (χ2n) is 6.30. The molecule has 28 heavy (non-hydrogen) atoms. The van der Waals surface area contributed by atoms with E-state index in [2.05, 4.69) is 29.2 Å². The summed E-state index contributed by atoms with van der Waals surface area (Å²) in [4.78, 5) is 15.0. The molecule has 0 atom stereocenters. The molecule has 3 rings (SSSR count). The van der Waals surface area contributed by atoms with Gasteiger partial charge in [0.1, 0.15) is 0 Å². The molecule has 2 heterocycles. The van der Waals surface area contributed by atoms with E-state index in [-0.39, 0.29) is 0 Å². The maximum atomic E-state index is 10.9. The molecular weight excluding hydrogens is 378 g/mol. The lowest BCUT2D eigenvalue weighted by atomic mass is 10.1. The molecule has 1 saturated heterocycles. The van der Waals surface area contributed by atoms with Crippen molar-refractivity contribution in [2.75, 3.05) is 70.8 Å². The van der Waals surface area contributed by atoms with E-state index in [1.165, 1.54) is 11.3 Å². The fourth-order valence-electron chi connectivity index (χ4n) is 2.89. The van der Waals surface area contributed by atoms with Gasteiger partial charge in [0.05, 0.1) is 57.7 Å². The van der Waals surface area contributed by atoms with E-state index in [1.54, 1.807) is 0 Å².